The molecule has 12 heteroatoms. The van der Waals surface area contributed by atoms with Crippen LogP contribution in [0.25, 0.3) is 0 Å². The Kier molecular flexibility index (Phi) is 6.53. The number of hydrogen-bond donors (Lipinski definition) is 1. The first kappa shape index (κ1) is 19.6. The number of methoxy groups -OCH3 is 1. The van der Waals surface area contributed by atoms with E-state index in [4.69, 9.17) is 9.81 Å². The van der Waals surface area contributed by atoms with Crippen LogP contribution in [0, 0.1) is 11.3 Å². The maximum absolute atomic E-state index is 13.8. The lowest BCUT2D eigenvalue weighted by Gasteiger charge is -2.30. The fourth-order valence-electron chi connectivity index (χ4n) is 1.28. The molecule has 0 spiro atoms. The average molecular weight is 336 g/mol. The fraction of sp³-hybridized carbons (Fsp3) is 0.778. The summed E-state index contributed by atoms with van der Waals surface area (Å²) >= 11 is 0. The third kappa shape index (κ3) is 4.26. The third-order valence-corrected chi connectivity index (χ3v) is 3.46. The predicted molar refractivity (Wildman–Crippen MR) is 60.1 cm³/mol. The molecule has 0 fully saturated rings. The second kappa shape index (κ2) is 7.01. The van der Waals surface area contributed by atoms with Crippen LogP contribution in [0.5, 0.6) is 0 Å². The highest BCUT2D eigenvalue weighted by Crippen LogP contribution is 2.39. The molecule has 0 rings (SSSR count). The fourth-order valence-corrected chi connectivity index (χ4v) is 1.92. The van der Waals surface area contributed by atoms with Gasteiger partial charge < -0.3 is 9.64 Å². The standard InChI is InChI=1S/C9H12F4N2O5S/c1-20-6-5-15(4-2-3-14)7(16)8(10,9(11,12)13)21(17,18)19/h2,4-6H2,1H3,(H,17,18,19). The minimum absolute atomic E-state index is 0.147. The molecule has 1 amide bonds. The minimum atomic E-state index is -6.42. The van der Waals surface area contributed by atoms with E-state index in [1.807, 2.05) is 0 Å². The van der Waals surface area contributed by atoms with Gasteiger partial charge in [-0.05, 0) is 0 Å². The topological polar surface area (TPSA) is 108 Å². The van der Waals surface area contributed by atoms with E-state index in [0.29, 0.717) is 0 Å². The van der Waals surface area contributed by atoms with Gasteiger partial charge in [-0.15, -0.1) is 0 Å². The molecule has 0 aliphatic carbocycles. The van der Waals surface area contributed by atoms with Crippen LogP contribution in [-0.2, 0) is 19.6 Å². The van der Waals surface area contributed by atoms with E-state index in [1.54, 1.807) is 0 Å². The van der Waals surface area contributed by atoms with Crippen molar-refractivity contribution >= 4 is 16.0 Å². The van der Waals surface area contributed by atoms with Crippen molar-refractivity contribution in [3.63, 3.8) is 0 Å². The Bertz CT molecular complexity index is 515. The lowest BCUT2D eigenvalue weighted by Crippen LogP contribution is -2.60. The summed E-state index contributed by atoms with van der Waals surface area (Å²) in [4.78, 5) is 11.7. The van der Waals surface area contributed by atoms with E-state index < -0.39 is 46.7 Å². The number of ether oxygens (including phenoxy) is 1. The van der Waals surface area contributed by atoms with E-state index in [2.05, 4.69) is 4.74 Å². The molecule has 1 N–H and O–H groups in total. The zero-order valence-electron chi connectivity index (χ0n) is 10.7. The van der Waals surface area contributed by atoms with Crippen LogP contribution >= 0.6 is 0 Å². The summed E-state index contributed by atoms with van der Waals surface area (Å²) in [7, 11) is -5.28. The molecule has 0 aromatic rings. The summed E-state index contributed by atoms with van der Waals surface area (Å²) in [5.74, 6) is -2.52. The summed E-state index contributed by atoms with van der Waals surface area (Å²) < 4.78 is 86.0. The van der Waals surface area contributed by atoms with Gasteiger partial charge in [0.25, 0.3) is 5.91 Å². The van der Waals surface area contributed by atoms with Gasteiger partial charge in [0.1, 0.15) is 0 Å². The lowest BCUT2D eigenvalue weighted by molar-refractivity contribution is -0.207. The van der Waals surface area contributed by atoms with Gasteiger partial charge >= 0.3 is 21.3 Å². The SMILES string of the molecule is COCCN(CCC#N)C(=O)C(F)(C(F)(F)F)S(=O)(=O)O. The molecule has 0 aromatic heterocycles. The average Bonchev–Trinajstić information content (AvgIpc) is 2.34. The summed E-state index contributed by atoms with van der Waals surface area (Å²) in [6.07, 6.45) is -6.65. The number of halogens is 4. The van der Waals surface area contributed by atoms with E-state index in [9.17, 15) is 30.8 Å². The van der Waals surface area contributed by atoms with Crippen molar-refractivity contribution in [2.75, 3.05) is 26.8 Å². The highest BCUT2D eigenvalue weighted by molar-refractivity contribution is 7.88. The molecule has 0 saturated heterocycles. The van der Waals surface area contributed by atoms with Gasteiger partial charge in [0.2, 0.25) is 0 Å². The maximum Gasteiger partial charge on any atom is 0.449 e. The van der Waals surface area contributed by atoms with Crippen LogP contribution in [0.3, 0.4) is 0 Å². The first-order valence-corrected chi connectivity index (χ1v) is 6.75. The summed E-state index contributed by atoms with van der Waals surface area (Å²) in [5, 5.41) is 2.85. The highest BCUT2D eigenvalue weighted by Gasteiger charge is 2.72. The molecule has 0 bridgehead atoms. The monoisotopic (exact) mass is 336 g/mol. The van der Waals surface area contributed by atoms with E-state index in [0.717, 1.165) is 7.11 Å². The normalized spacial score (nSPS) is 15.1. The van der Waals surface area contributed by atoms with Gasteiger partial charge in [-0.3, -0.25) is 9.35 Å². The Balaban J connectivity index is 5.68. The van der Waals surface area contributed by atoms with Crippen molar-refractivity contribution in [2.45, 2.75) is 17.6 Å². The molecule has 21 heavy (non-hydrogen) atoms. The molecule has 0 saturated carbocycles. The van der Waals surface area contributed by atoms with Gasteiger partial charge in [0.15, 0.2) is 0 Å². The number of alkyl halides is 4. The summed E-state index contributed by atoms with van der Waals surface area (Å²) in [6.45, 7) is -1.57. The number of nitrogens with zero attached hydrogens (tertiary/aromatic N) is 2. The number of hydrogen-bond acceptors (Lipinski definition) is 5. The molecule has 0 aliphatic heterocycles. The van der Waals surface area contributed by atoms with Crippen LogP contribution in [0.1, 0.15) is 6.42 Å². The Morgan fingerprint density at radius 3 is 2.19 bits per heavy atom. The van der Waals surface area contributed by atoms with Crippen molar-refractivity contribution in [3.05, 3.63) is 0 Å². The second-order valence-corrected chi connectivity index (χ2v) is 5.27. The van der Waals surface area contributed by atoms with Gasteiger partial charge in [-0.1, -0.05) is 0 Å². The maximum atomic E-state index is 13.8. The van der Waals surface area contributed by atoms with Crippen molar-refractivity contribution in [1.82, 2.24) is 4.90 Å². The van der Waals surface area contributed by atoms with Crippen molar-refractivity contribution in [3.8, 4) is 6.07 Å². The summed E-state index contributed by atoms with van der Waals surface area (Å²) in [5.41, 5.74) is 0. The minimum Gasteiger partial charge on any atom is -0.383 e. The van der Waals surface area contributed by atoms with Crippen molar-refractivity contribution < 1.29 is 40.1 Å². The third-order valence-electron chi connectivity index (χ3n) is 2.34. The number of rotatable bonds is 7. The van der Waals surface area contributed by atoms with Crippen molar-refractivity contribution in [2.24, 2.45) is 0 Å². The Morgan fingerprint density at radius 2 is 1.86 bits per heavy atom. The van der Waals surface area contributed by atoms with Gasteiger partial charge in [0, 0.05) is 20.2 Å². The molecular formula is C9H12F4N2O5S. The molecule has 0 aliphatic rings. The lowest BCUT2D eigenvalue weighted by atomic mass is 10.2. The number of nitriles is 1. The van der Waals surface area contributed by atoms with Crippen LogP contribution in [0.15, 0.2) is 0 Å². The Morgan fingerprint density at radius 1 is 1.33 bits per heavy atom. The highest BCUT2D eigenvalue weighted by atomic mass is 32.2. The predicted octanol–water partition coefficient (Wildman–Crippen LogP) is 0.491. The first-order chi connectivity index (χ1) is 9.43. The largest absolute Gasteiger partial charge is 0.449 e. The zero-order chi connectivity index (χ0) is 16.9. The van der Waals surface area contributed by atoms with Gasteiger partial charge in [-0.2, -0.15) is 26.9 Å². The molecular weight excluding hydrogens is 324 g/mol. The van der Waals surface area contributed by atoms with Gasteiger partial charge in [-0.25, -0.2) is 4.39 Å². The van der Waals surface area contributed by atoms with E-state index >= 15 is 0 Å². The smallest absolute Gasteiger partial charge is 0.383 e. The number of amides is 1. The van der Waals surface area contributed by atoms with E-state index in [-0.39, 0.29) is 11.5 Å². The number of carbonyl (C=O) groups is 1. The molecule has 0 heterocycles. The number of carbonyl (C=O) groups excluding carboxylic acids is 1. The molecule has 0 aromatic carbocycles. The quantitative estimate of drug-likeness (QED) is 0.535. The molecule has 0 radical (unpaired) electrons. The Labute approximate surface area is 117 Å². The summed E-state index contributed by atoms with van der Waals surface area (Å²) in [6, 6.07) is 1.51. The molecule has 122 valence electrons. The van der Waals surface area contributed by atoms with Crippen LogP contribution in [0.4, 0.5) is 17.6 Å². The second-order valence-electron chi connectivity index (χ2n) is 3.76. The zero-order valence-corrected chi connectivity index (χ0v) is 11.5. The van der Waals surface area contributed by atoms with Crippen molar-refractivity contribution in [1.29, 1.82) is 5.26 Å². The van der Waals surface area contributed by atoms with E-state index in [1.165, 1.54) is 6.07 Å². The Hall–Kier alpha value is -1.45. The molecule has 1 unspecified atom stereocenters. The molecule has 7 nitrogen and oxygen atoms in total. The first-order valence-electron chi connectivity index (χ1n) is 5.31. The van der Waals surface area contributed by atoms with Crippen LogP contribution in [-0.4, -0.2) is 61.8 Å². The van der Waals surface area contributed by atoms with Crippen LogP contribution < -0.4 is 0 Å². The van der Waals surface area contributed by atoms with Gasteiger partial charge in [0.05, 0.1) is 19.1 Å². The van der Waals surface area contributed by atoms with Crippen LogP contribution in [0.2, 0.25) is 0 Å². The molecule has 1 atom stereocenters.